The third-order valence-corrected chi connectivity index (χ3v) is 3.20. The molecule has 1 aromatic carbocycles. The van der Waals surface area contributed by atoms with Gasteiger partial charge in [0.25, 0.3) is 5.69 Å². The van der Waals surface area contributed by atoms with E-state index in [-0.39, 0.29) is 27.4 Å². The lowest BCUT2D eigenvalue weighted by Gasteiger charge is -2.09. The number of nitrogens with zero attached hydrogens (tertiary/aromatic N) is 2. The third-order valence-electron chi connectivity index (χ3n) is 2.64. The number of nitro groups is 1. The number of aromatic nitrogens is 1. The van der Waals surface area contributed by atoms with E-state index in [1.54, 1.807) is 13.0 Å². The Kier molecular flexibility index (Phi) is 4.62. The highest BCUT2D eigenvalue weighted by atomic mass is 35.5. The second-order valence-electron chi connectivity index (χ2n) is 4.20. The molecule has 1 atom stereocenters. The molecule has 0 saturated carbocycles. The highest BCUT2D eigenvalue weighted by molar-refractivity contribution is 6.37. The van der Waals surface area contributed by atoms with Gasteiger partial charge in [-0.3, -0.25) is 10.1 Å². The quantitative estimate of drug-likeness (QED) is 0.673. The number of hydrogen-bond acceptors (Lipinski definition) is 5. The maximum absolute atomic E-state index is 10.7. The van der Waals surface area contributed by atoms with Crippen LogP contribution in [0.1, 0.15) is 18.6 Å². The van der Waals surface area contributed by atoms with Crippen LogP contribution >= 0.6 is 23.2 Å². The van der Waals surface area contributed by atoms with Gasteiger partial charge in [0.05, 0.1) is 21.1 Å². The van der Waals surface area contributed by atoms with E-state index in [1.165, 1.54) is 12.3 Å². The number of aliphatic hydroxyl groups excluding tert-OH is 1. The summed E-state index contributed by atoms with van der Waals surface area (Å²) in [7, 11) is 0. The number of nitro benzene ring substituents is 1. The molecule has 2 aromatic rings. The molecular formula is C13H10Cl2N2O4. The van der Waals surface area contributed by atoms with Crippen LogP contribution in [0.3, 0.4) is 0 Å². The van der Waals surface area contributed by atoms with Gasteiger partial charge >= 0.3 is 0 Å². The molecular weight excluding hydrogens is 319 g/mol. The van der Waals surface area contributed by atoms with E-state index in [0.717, 1.165) is 12.1 Å². The maximum Gasteiger partial charge on any atom is 0.272 e. The van der Waals surface area contributed by atoms with Crippen molar-refractivity contribution < 1.29 is 14.8 Å². The number of benzene rings is 1. The predicted octanol–water partition coefficient (Wildman–Crippen LogP) is 4.14. The fraction of sp³-hybridized carbons (Fsp3) is 0.154. The lowest BCUT2D eigenvalue weighted by Crippen LogP contribution is -1.95. The summed E-state index contributed by atoms with van der Waals surface area (Å²) in [5.41, 5.74) is 0.401. The fourth-order valence-electron chi connectivity index (χ4n) is 1.55. The normalized spacial score (nSPS) is 12.0. The molecule has 6 nitrogen and oxygen atoms in total. The Balaban J connectivity index is 2.29. The molecule has 2 rings (SSSR count). The summed E-state index contributed by atoms with van der Waals surface area (Å²) in [6.45, 7) is 1.61. The highest BCUT2D eigenvalue weighted by Gasteiger charge is 2.16. The van der Waals surface area contributed by atoms with E-state index >= 15 is 0 Å². The summed E-state index contributed by atoms with van der Waals surface area (Å²) in [6, 6.07) is 5.47. The molecule has 8 heteroatoms. The SMILES string of the molecule is C[C@@H](O)c1ccc(Oc2c(Cl)cc([N+](=O)[O-])cc2Cl)nc1. The first-order valence-electron chi connectivity index (χ1n) is 5.84. The number of ether oxygens (including phenoxy) is 1. The molecule has 21 heavy (non-hydrogen) atoms. The second-order valence-corrected chi connectivity index (χ2v) is 5.02. The van der Waals surface area contributed by atoms with Crippen LogP contribution in [-0.4, -0.2) is 15.0 Å². The van der Waals surface area contributed by atoms with Crippen molar-refractivity contribution in [2.24, 2.45) is 0 Å². The summed E-state index contributed by atoms with van der Waals surface area (Å²) in [6.07, 6.45) is 0.811. The van der Waals surface area contributed by atoms with Crippen molar-refractivity contribution in [2.45, 2.75) is 13.0 Å². The predicted molar refractivity (Wildman–Crippen MR) is 78.1 cm³/mol. The van der Waals surface area contributed by atoms with E-state index in [4.69, 9.17) is 27.9 Å². The van der Waals surface area contributed by atoms with Gasteiger partial charge in [0.2, 0.25) is 5.88 Å². The first kappa shape index (κ1) is 15.5. The van der Waals surface area contributed by atoms with Crippen molar-refractivity contribution in [3.8, 4) is 11.6 Å². The van der Waals surface area contributed by atoms with Crippen molar-refractivity contribution in [3.05, 3.63) is 56.2 Å². The van der Waals surface area contributed by atoms with Gasteiger partial charge in [0.15, 0.2) is 5.75 Å². The van der Waals surface area contributed by atoms with Gasteiger partial charge in [0.1, 0.15) is 0 Å². The third kappa shape index (κ3) is 3.60. The van der Waals surface area contributed by atoms with Gasteiger partial charge in [0, 0.05) is 24.4 Å². The van der Waals surface area contributed by atoms with E-state index in [1.807, 2.05) is 0 Å². The Bertz CT molecular complexity index is 651. The van der Waals surface area contributed by atoms with Gasteiger partial charge in [-0.05, 0) is 18.6 Å². The van der Waals surface area contributed by atoms with Gasteiger partial charge < -0.3 is 9.84 Å². The first-order valence-corrected chi connectivity index (χ1v) is 6.59. The van der Waals surface area contributed by atoms with Crippen LogP contribution in [0, 0.1) is 10.1 Å². The topological polar surface area (TPSA) is 85.5 Å². The number of pyridine rings is 1. The van der Waals surface area contributed by atoms with Crippen molar-refractivity contribution >= 4 is 28.9 Å². The molecule has 0 radical (unpaired) electrons. The van der Waals surface area contributed by atoms with E-state index in [2.05, 4.69) is 4.98 Å². The minimum Gasteiger partial charge on any atom is -0.436 e. The minimum absolute atomic E-state index is 0.00982. The average Bonchev–Trinajstić information content (AvgIpc) is 2.43. The molecule has 0 fully saturated rings. The molecule has 0 saturated heterocycles. The molecule has 0 spiro atoms. The monoisotopic (exact) mass is 328 g/mol. The summed E-state index contributed by atoms with van der Waals surface area (Å²) in [4.78, 5) is 14.1. The van der Waals surface area contributed by atoms with Crippen molar-refractivity contribution in [3.63, 3.8) is 0 Å². The zero-order chi connectivity index (χ0) is 15.6. The van der Waals surface area contributed by atoms with Gasteiger partial charge in [-0.25, -0.2) is 4.98 Å². The highest BCUT2D eigenvalue weighted by Crippen LogP contribution is 2.38. The van der Waals surface area contributed by atoms with Gasteiger partial charge in [-0.2, -0.15) is 0 Å². The molecule has 0 bridgehead atoms. The molecule has 0 aliphatic rings. The Morgan fingerprint density at radius 3 is 2.38 bits per heavy atom. The summed E-state index contributed by atoms with van der Waals surface area (Å²) in [5, 5.41) is 20.1. The first-order chi connectivity index (χ1) is 9.88. The van der Waals surface area contributed by atoms with E-state index in [0.29, 0.717) is 5.56 Å². The van der Waals surface area contributed by atoms with Crippen LogP contribution < -0.4 is 4.74 Å². The molecule has 110 valence electrons. The van der Waals surface area contributed by atoms with Crippen molar-refractivity contribution in [1.29, 1.82) is 0 Å². The zero-order valence-corrected chi connectivity index (χ0v) is 12.3. The summed E-state index contributed by atoms with van der Waals surface area (Å²) < 4.78 is 5.43. The van der Waals surface area contributed by atoms with Crippen LogP contribution in [0.2, 0.25) is 10.0 Å². The molecule has 1 aromatic heterocycles. The van der Waals surface area contributed by atoms with Crippen molar-refractivity contribution in [2.75, 3.05) is 0 Å². The Morgan fingerprint density at radius 1 is 1.33 bits per heavy atom. The molecule has 0 unspecified atom stereocenters. The second kappa shape index (κ2) is 6.26. The van der Waals surface area contributed by atoms with Crippen molar-refractivity contribution in [1.82, 2.24) is 4.98 Å². The molecule has 0 aliphatic heterocycles. The Morgan fingerprint density at radius 2 is 1.95 bits per heavy atom. The molecule has 1 heterocycles. The number of aliphatic hydroxyl groups is 1. The van der Waals surface area contributed by atoms with Crippen LogP contribution in [0.15, 0.2) is 30.5 Å². The standard InChI is InChI=1S/C13H10Cl2N2O4/c1-7(18)8-2-3-12(16-6-8)21-13-10(14)4-9(17(19)20)5-11(13)15/h2-7,18H,1H3/t7-/m1/s1. The molecule has 0 aliphatic carbocycles. The van der Waals surface area contributed by atoms with Crippen LogP contribution in [0.25, 0.3) is 0 Å². The van der Waals surface area contributed by atoms with Gasteiger partial charge in [-0.1, -0.05) is 23.2 Å². The van der Waals surface area contributed by atoms with E-state index < -0.39 is 11.0 Å². The average molecular weight is 329 g/mol. The number of non-ortho nitro benzene ring substituents is 1. The minimum atomic E-state index is -0.641. The Labute approximate surface area is 130 Å². The largest absolute Gasteiger partial charge is 0.436 e. The zero-order valence-electron chi connectivity index (χ0n) is 10.8. The number of hydrogen-bond donors (Lipinski definition) is 1. The van der Waals surface area contributed by atoms with Gasteiger partial charge in [-0.15, -0.1) is 0 Å². The fourth-order valence-corrected chi connectivity index (χ4v) is 2.11. The number of rotatable bonds is 4. The lowest BCUT2D eigenvalue weighted by atomic mass is 10.2. The summed E-state index contributed by atoms with van der Waals surface area (Å²) in [5.74, 6) is 0.290. The summed E-state index contributed by atoms with van der Waals surface area (Å²) >= 11 is 11.9. The van der Waals surface area contributed by atoms with E-state index in [9.17, 15) is 15.2 Å². The Hall–Kier alpha value is -1.89. The molecule has 1 N–H and O–H groups in total. The maximum atomic E-state index is 10.7. The lowest BCUT2D eigenvalue weighted by molar-refractivity contribution is -0.384. The van der Waals surface area contributed by atoms with Crippen LogP contribution in [0.5, 0.6) is 11.6 Å². The van der Waals surface area contributed by atoms with Crippen LogP contribution in [0.4, 0.5) is 5.69 Å². The van der Waals surface area contributed by atoms with Crippen LogP contribution in [-0.2, 0) is 0 Å². The smallest absolute Gasteiger partial charge is 0.272 e. The molecule has 0 amide bonds. The number of halogens is 2.